The first-order chi connectivity index (χ1) is 18.0. The Morgan fingerprint density at radius 3 is 2.43 bits per heavy atom. The van der Waals surface area contributed by atoms with Crippen LogP contribution in [0.4, 0.5) is 11.4 Å². The number of carbonyl (C=O) groups excluding carboxylic acids is 1. The minimum Gasteiger partial charge on any atom is -0.493 e. The van der Waals surface area contributed by atoms with Crippen molar-refractivity contribution in [3.8, 4) is 17.2 Å². The van der Waals surface area contributed by atoms with Crippen molar-refractivity contribution in [3.63, 3.8) is 0 Å². The van der Waals surface area contributed by atoms with Gasteiger partial charge in [0.15, 0.2) is 11.5 Å². The molecule has 1 aliphatic rings. The third-order valence-corrected chi connectivity index (χ3v) is 5.85. The average Bonchev–Trinajstić information content (AvgIpc) is 2.93. The zero-order valence-corrected chi connectivity index (χ0v) is 20.6. The number of rotatable bonds is 11. The standard InChI is InChI=1S/C27H29N3O7/c1-34-25-17-23(24(30(32)33)18-26(25)37-19-20-5-3-2-4-6-20)27(31)28-21-7-9-22(10-8-21)36-16-13-29-11-14-35-15-12-29/h2-10,17-18H,11-16,19H2,1H3,(H,28,31). The Kier molecular flexibility index (Phi) is 8.90. The Morgan fingerprint density at radius 2 is 1.76 bits per heavy atom. The van der Waals surface area contributed by atoms with Gasteiger partial charge in [-0.25, -0.2) is 0 Å². The minimum atomic E-state index is -0.638. The summed E-state index contributed by atoms with van der Waals surface area (Å²) in [7, 11) is 1.41. The zero-order valence-electron chi connectivity index (χ0n) is 20.6. The highest BCUT2D eigenvalue weighted by Crippen LogP contribution is 2.35. The van der Waals surface area contributed by atoms with E-state index < -0.39 is 10.8 Å². The molecule has 3 aromatic rings. The number of benzene rings is 3. The van der Waals surface area contributed by atoms with Crippen molar-refractivity contribution in [2.75, 3.05) is 51.9 Å². The van der Waals surface area contributed by atoms with E-state index >= 15 is 0 Å². The van der Waals surface area contributed by atoms with E-state index in [0.29, 0.717) is 18.0 Å². The molecule has 1 heterocycles. The van der Waals surface area contributed by atoms with Crippen molar-refractivity contribution in [3.05, 3.63) is 88.0 Å². The topological polar surface area (TPSA) is 112 Å². The van der Waals surface area contributed by atoms with E-state index in [-0.39, 0.29) is 29.4 Å². The highest BCUT2D eigenvalue weighted by atomic mass is 16.6. The molecule has 10 nitrogen and oxygen atoms in total. The maximum Gasteiger partial charge on any atom is 0.286 e. The second-order valence-corrected chi connectivity index (χ2v) is 8.33. The minimum absolute atomic E-state index is 0.139. The predicted octanol–water partition coefficient (Wildman–Crippen LogP) is 4.15. The Balaban J connectivity index is 1.40. The molecule has 3 aromatic carbocycles. The first kappa shape index (κ1) is 25.9. The number of carbonyl (C=O) groups is 1. The monoisotopic (exact) mass is 507 g/mol. The van der Waals surface area contributed by atoms with Gasteiger partial charge in [-0.3, -0.25) is 19.8 Å². The first-order valence-electron chi connectivity index (χ1n) is 11.9. The number of nitro benzene ring substituents is 1. The summed E-state index contributed by atoms with van der Waals surface area (Å²) in [5, 5.41) is 14.5. The summed E-state index contributed by atoms with van der Waals surface area (Å²) in [6.07, 6.45) is 0. The molecule has 0 spiro atoms. The van der Waals surface area contributed by atoms with Crippen molar-refractivity contribution in [2.45, 2.75) is 6.61 Å². The summed E-state index contributed by atoms with van der Waals surface area (Å²) < 4.78 is 22.2. The number of nitrogens with zero attached hydrogens (tertiary/aromatic N) is 2. The summed E-state index contributed by atoms with van der Waals surface area (Å²) in [5.74, 6) is 0.420. The summed E-state index contributed by atoms with van der Waals surface area (Å²) in [5.41, 5.74) is 0.843. The van der Waals surface area contributed by atoms with Crippen LogP contribution >= 0.6 is 0 Å². The molecule has 0 bridgehead atoms. The van der Waals surface area contributed by atoms with Gasteiger partial charge >= 0.3 is 0 Å². The van der Waals surface area contributed by atoms with E-state index in [1.807, 2.05) is 30.3 Å². The molecule has 0 aromatic heterocycles. The Bertz CT molecular complexity index is 1200. The van der Waals surface area contributed by atoms with Crippen molar-refractivity contribution in [2.24, 2.45) is 0 Å². The van der Waals surface area contributed by atoms with Gasteiger partial charge in [0.2, 0.25) is 0 Å². The summed E-state index contributed by atoms with van der Waals surface area (Å²) in [6, 6.07) is 18.8. The van der Waals surface area contributed by atoms with Crippen LogP contribution in [-0.2, 0) is 11.3 Å². The van der Waals surface area contributed by atoms with Gasteiger partial charge in [-0.15, -0.1) is 0 Å². The molecular weight excluding hydrogens is 478 g/mol. The molecule has 1 fully saturated rings. The van der Waals surface area contributed by atoms with Gasteiger partial charge in [0.1, 0.15) is 24.5 Å². The average molecular weight is 508 g/mol. The molecule has 1 amide bonds. The zero-order chi connectivity index (χ0) is 26.0. The smallest absolute Gasteiger partial charge is 0.286 e. The van der Waals surface area contributed by atoms with Gasteiger partial charge in [-0.05, 0) is 29.8 Å². The van der Waals surface area contributed by atoms with Crippen molar-refractivity contribution >= 4 is 17.3 Å². The molecule has 194 valence electrons. The van der Waals surface area contributed by atoms with Crippen molar-refractivity contribution < 1.29 is 28.7 Å². The van der Waals surface area contributed by atoms with E-state index in [1.165, 1.54) is 19.2 Å². The van der Waals surface area contributed by atoms with Crippen molar-refractivity contribution in [1.82, 2.24) is 4.90 Å². The number of nitrogens with one attached hydrogen (secondary N) is 1. The van der Waals surface area contributed by atoms with Crippen LogP contribution in [-0.4, -0.2) is 62.3 Å². The lowest BCUT2D eigenvalue weighted by Gasteiger charge is -2.26. The number of hydrogen-bond acceptors (Lipinski definition) is 8. The quantitative estimate of drug-likeness (QED) is 0.304. The van der Waals surface area contributed by atoms with Gasteiger partial charge in [-0.1, -0.05) is 30.3 Å². The van der Waals surface area contributed by atoms with E-state index in [0.717, 1.165) is 38.4 Å². The number of anilines is 1. The maximum atomic E-state index is 13.0. The van der Waals surface area contributed by atoms with Gasteiger partial charge < -0.3 is 24.3 Å². The first-order valence-corrected chi connectivity index (χ1v) is 11.9. The van der Waals surface area contributed by atoms with E-state index in [4.69, 9.17) is 18.9 Å². The molecule has 0 atom stereocenters. The fourth-order valence-corrected chi connectivity index (χ4v) is 3.84. The molecule has 4 rings (SSSR count). The summed E-state index contributed by atoms with van der Waals surface area (Å²) in [6.45, 7) is 4.80. The van der Waals surface area contributed by atoms with Gasteiger partial charge in [0, 0.05) is 31.4 Å². The third-order valence-electron chi connectivity index (χ3n) is 5.85. The molecule has 0 radical (unpaired) electrons. The number of hydrogen-bond donors (Lipinski definition) is 1. The molecule has 37 heavy (non-hydrogen) atoms. The lowest BCUT2D eigenvalue weighted by atomic mass is 10.1. The number of morpholine rings is 1. The predicted molar refractivity (Wildman–Crippen MR) is 138 cm³/mol. The van der Waals surface area contributed by atoms with Gasteiger partial charge in [0.05, 0.1) is 31.3 Å². The van der Waals surface area contributed by atoms with Crippen LogP contribution in [0.1, 0.15) is 15.9 Å². The van der Waals surface area contributed by atoms with Crippen LogP contribution in [0, 0.1) is 10.1 Å². The number of ether oxygens (including phenoxy) is 4. The van der Waals surface area contributed by atoms with E-state index in [2.05, 4.69) is 10.2 Å². The number of methoxy groups -OCH3 is 1. The SMILES string of the molecule is COc1cc(C(=O)Nc2ccc(OCCN3CCOCC3)cc2)c([N+](=O)[O-])cc1OCc1ccccc1. The molecule has 1 N–H and O–H groups in total. The molecule has 0 saturated carbocycles. The molecule has 0 unspecified atom stereocenters. The molecule has 1 saturated heterocycles. The van der Waals surface area contributed by atoms with Gasteiger partial charge in [-0.2, -0.15) is 0 Å². The maximum absolute atomic E-state index is 13.0. The second kappa shape index (κ2) is 12.7. The fourth-order valence-electron chi connectivity index (χ4n) is 3.84. The molecule has 0 aliphatic carbocycles. The largest absolute Gasteiger partial charge is 0.493 e. The second-order valence-electron chi connectivity index (χ2n) is 8.33. The molecule has 10 heteroatoms. The van der Waals surface area contributed by atoms with Crippen LogP contribution in [0.25, 0.3) is 0 Å². The molecule has 1 aliphatic heterocycles. The van der Waals surface area contributed by atoms with Crippen LogP contribution in [0.5, 0.6) is 17.2 Å². The third kappa shape index (κ3) is 7.18. The Labute approximate surface area is 214 Å². The number of nitro groups is 1. The summed E-state index contributed by atoms with van der Waals surface area (Å²) >= 11 is 0. The number of amides is 1. The fraction of sp³-hybridized carbons (Fsp3) is 0.296. The normalized spacial score (nSPS) is 13.5. The molecular formula is C27H29N3O7. The van der Waals surface area contributed by atoms with E-state index in [9.17, 15) is 14.9 Å². The Morgan fingerprint density at radius 1 is 1.03 bits per heavy atom. The van der Waals surface area contributed by atoms with Gasteiger partial charge in [0.25, 0.3) is 11.6 Å². The van der Waals surface area contributed by atoms with E-state index in [1.54, 1.807) is 24.3 Å². The highest BCUT2D eigenvalue weighted by molar-refractivity contribution is 6.07. The van der Waals surface area contributed by atoms with Crippen LogP contribution in [0.3, 0.4) is 0 Å². The van der Waals surface area contributed by atoms with Crippen LogP contribution < -0.4 is 19.5 Å². The lowest BCUT2D eigenvalue weighted by Crippen LogP contribution is -2.38. The van der Waals surface area contributed by atoms with Crippen LogP contribution in [0.2, 0.25) is 0 Å². The van der Waals surface area contributed by atoms with Crippen molar-refractivity contribution in [1.29, 1.82) is 0 Å². The highest BCUT2D eigenvalue weighted by Gasteiger charge is 2.25. The summed E-state index contributed by atoms with van der Waals surface area (Å²) in [4.78, 5) is 26.4. The van der Waals surface area contributed by atoms with Crippen LogP contribution in [0.15, 0.2) is 66.7 Å². The lowest BCUT2D eigenvalue weighted by molar-refractivity contribution is -0.385. The Hall–Kier alpha value is -4.15.